The number of benzene rings is 2. The summed E-state index contributed by atoms with van der Waals surface area (Å²) in [6.07, 6.45) is 4.62. The molecule has 1 heterocycles. The van der Waals surface area contributed by atoms with Gasteiger partial charge in [-0.05, 0) is 14.1 Å². The normalized spacial score (nSPS) is 15.0. The van der Waals surface area contributed by atoms with Crippen molar-refractivity contribution in [2.45, 2.75) is 49.7 Å². The number of aliphatic carboxylic acids is 1. The molecule has 40 heavy (non-hydrogen) atoms. The van der Waals surface area contributed by atoms with Gasteiger partial charge in [0.05, 0.1) is 0 Å². The molecule has 7 nitrogen and oxygen atoms in total. The van der Waals surface area contributed by atoms with Crippen LogP contribution in [0.25, 0.3) is 22.4 Å². The number of rotatable bonds is 11. The average molecular weight is 627 g/mol. The molecule has 0 saturated heterocycles. The molecule has 2 aromatic carbocycles. The van der Waals surface area contributed by atoms with Gasteiger partial charge in [-0.3, -0.25) is 0 Å². The van der Waals surface area contributed by atoms with Crippen molar-refractivity contribution in [3.05, 3.63) is 64.8 Å². The van der Waals surface area contributed by atoms with Gasteiger partial charge in [0.1, 0.15) is 0 Å². The summed E-state index contributed by atoms with van der Waals surface area (Å²) in [6, 6.07) is 14.1. The minimum absolute atomic E-state index is 0.159. The van der Waals surface area contributed by atoms with Crippen LogP contribution in [0.3, 0.4) is 0 Å². The van der Waals surface area contributed by atoms with E-state index in [2.05, 4.69) is 4.90 Å². The molecule has 0 bridgehead atoms. The third kappa shape index (κ3) is 7.06. The van der Waals surface area contributed by atoms with Crippen molar-refractivity contribution in [1.29, 1.82) is 0 Å². The molecule has 1 aliphatic rings. The summed E-state index contributed by atoms with van der Waals surface area (Å²) in [7, 11) is 4.02. The molecule has 0 amide bonds. The number of carboxylic acids is 1. The number of aryl methyl sites for hydroxylation is 1. The minimum atomic E-state index is -1.51. The Kier molecular flexibility index (Phi) is 9.94. The Hall–Kier alpha value is -2.86. The quantitative estimate of drug-likeness (QED) is 0.193. The standard InChI is InChI=1S/C31H36AsClN2O5/c1-20-18-22(36)9-10-23(20)24-11-13-26(29(37)32-31(30(38)39)14-5-4-6-15-31)34-28(24)21-8-12-25(33)27(19-21)40-17-7-16-35(2)3/h8-13,18-19,32,36H,4-7,14-17H2,1-3H3,(H,38,39). The summed E-state index contributed by atoms with van der Waals surface area (Å²) in [5, 5.41) is 20.5. The molecule has 3 aromatic rings. The molecule has 0 aliphatic heterocycles. The first kappa shape index (κ1) is 30.1. The monoisotopic (exact) mass is 626 g/mol. The van der Waals surface area contributed by atoms with Crippen molar-refractivity contribution in [2.75, 3.05) is 27.2 Å². The molecule has 1 aromatic heterocycles. The van der Waals surface area contributed by atoms with Crippen LogP contribution >= 0.6 is 11.6 Å². The van der Waals surface area contributed by atoms with Crippen molar-refractivity contribution >= 4 is 37.9 Å². The van der Waals surface area contributed by atoms with Crippen LogP contribution in [0.4, 0.5) is 0 Å². The number of hydrogen-bond acceptors (Lipinski definition) is 6. The van der Waals surface area contributed by atoms with E-state index in [4.69, 9.17) is 21.3 Å². The zero-order chi connectivity index (χ0) is 28.9. The molecule has 1 fully saturated rings. The fraction of sp³-hybridized carbons (Fsp3) is 0.387. The zero-order valence-corrected chi connectivity index (χ0v) is 26.0. The summed E-state index contributed by atoms with van der Waals surface area (Å²) in [5.74, 6) is -0.157. The van der Waals surface area contributed by atoms with E-state index in [9.17, 15) is 19.8 Å². The maximum atomic E-state index is 13.6. The Labute approximate surface area is 247 Å². The molecule has 1 aliphatic carbocycles. The average Bonchev–Trinajstić information content (AvgIpc) is 2.92. The van der Waals surface area contributed by atoms with Gasteiger partial charge in [-0.1, -0.05) is 0 Å². The number of halogens is 1. The van der Waals surface area contributed by atoms with Crippen LogP contribution in [-0.4, -0.2) is 73.6 Å². The molecular weight excluding hydrogens is 591 g/mol. The Bertz CT molecular complexity index is 1390. The zero-order valence-electron chi connectivity index (χ0n) is 23.2. The Balaban J connectivity index is 1.74. The van der Waals surface area contributed by atoms with Gasteiger partial charge in [-0.25, -0.2) is 0 Å². The molecule has 2 N–H and O–H groups in total. The first-order valence-corrected chi connectivity index (χ1v) is 16.0. The Morgan fingerprint density at radius 1 is 1.05 bits per heavy atom. The van der Waals surface area contributed by atoms with Gasteiger partial charge in [0.25, 0.3) is 0 Å². The molecule has 9 heteroatoms. The molecule has 212 valence electrons. The van der Waals surface area contributed by atoms with Crippen LogP contribution in [0.1, 0.15) is 54.6 Å². The molecule has 0 radical (unpaired) electrons. The van der Waals surface area contributed by atoms with Crippen LogP contribution < -0.4 is 4.74 Å². The molecular formula is C31H36AsClN2O5. The van der Waals surface area contributed by atoms with Crippen molar-refractivity contribution < 1.29 is 24.5 Å². The van der Waals surface area contributed by atoms with E-state index in [1.54, 1.807) is 24.3 Å². The third-order valence-corrected chi connectivity index (χ3v) is 11.1. The van der Waals surface area contributed by atoms with Crippen LogP contribution in [-0.2, 0) is 4.79 Å². The van der Waals surface area contributed by atoms with Gasteiger partial charge in [-0.2, -0.15) is 0 Å². The molecule has 0 spiro atoms. The van der Waals surface area contributed by atoms with Gasteiger partial charge in [0.15, 0.2) is 0 Å². The second-order valence-corrected chi connectivity index (χ2v) is 14.5. The fourth-order valence-electron chi connectivity index (χ4n) is 5.13. The number of carboxylic acid groups (broad SMARTS) is 1. The van der Waals surface area contributed by atoms with Crippen molar-refractivity contribution in [3.8, 4) is 33.9 Å². The maximum absolute atomic E-state index is 13.6. The Morgan fingerprint density at radius 3 is 2.45 bits per heavy atom. The van der Waals surface area contributed by atoms with Crippen molar-refractivity contribution in [2.24, 2.45) is 0 Å². The van der Waals surface area contributed by atoms with Gasteiger partial charge in [0, 0.05) is 0 Å². The summed E-state index contributed by atoms with van der Waals surface area (Å²) in [6.45, 7) is 3.29. The van der Waals surface area contributed by atoms with Crippen LogP contribution in [0.2, 0.25) is 9.23 Å². The SMILES string of the molecule is Cc1cc(O)ccc1-c1ccc(C(=O)[AsH]C2(C(=O)O)CCCCC2)nc1-c1ccc(Cl)c(OCCCN(C)C)c1. The topological polar surface area (TPSA) is 100.0 Å². The van der Waals surface area contributed by atoms with E-state index < -0.39 is 25.9 Å². The third-order valence-electron chi connectivity index (χ3n) is 7.31. The van der Waals surface area contributed by atoms with Crippen LogP contribution in [0.15, 0.2) is 48.5 Å². The van der Waals surface area contributed by atoms with E-state index in [0.717, 1.165) is 54.5 Å². The van der Waals surface area contributed by atoms with Crippen LogP contribution in [0, 0.1) is 6.92 Å². The number of carbonyl (C=O) groups excluding carboxylic acids is 1. The number of phenols is 1. The van der Waals surface area contributed by atoms with E-state index in [-0.39, 0.29) is 16.0 Å². The molecule has 4 rings (SSSR count). The number of phenolic OH excluding ortho intramolecular Hbond substituents is 1. The number of pyridine rings is 1. The van der Waals surface area contributed by atoms with Gasteiger partial charge in [-0.15, -0.1) is 0 Å². The second-order valence-electron chi connectivity index (χ2n) is 10.6. The number of nitrogens with zero attached hydrogens (tertiary/aromatic N) is 2. The first-order chi connectivity index (χ1) is 19.1. The molecule has 1 saturated carbocycles. The van der Waals surface area contributed by atoms with Crippen molar-refractivity contribution in [1.82, 2.24) is 9.88 Å². The summed E-state index contributed by atoms with van der Waals surface area (Å²) in [5.41, 5.74) is 4.11. The number of aromatic nitrogens is 1. The van der Waals surface area contributed by atoms with E-state index in [1.807, 2.05) is 45.3 Å². The number of carbonyl (C=O) groups is 2. The molecule has 1 unspecified atom stereocenters. The van der Waals surface area contributed by atoms with Gasteiger partial charge < -0.3 is 0 Å². The molecule has 1 atom stereocenters. The summed E-state index contributed by atoms with van der Waals surface area (Å²) < 4.78 is 4.93. The van der Waals surface area contributed by atoms with Gasteiger partial charge >= 0.3 is 234 Å². The predicted molar refractivity (Wildman–Crippen MR) is 160 cm³/mol. The van der Waals surface area contributed by atoms with E-state index >= 15 is 0 Å². The summed E-state index contributed by atoms with van der Waals surface area (Å²) in [4.78, 5) is 32.8. The van der Waals surface area contributed by atoms with Crippen LogP contribution in [0.5, 0.6) is 11.5 Å². The number of ether oxygens (including phenoxy) is 1. The fourth-order valence-corrected chi connectivity index (χ4v) is 8.26. The van der Waals surface area contributed by atoms with E-state index in [1.165, 1.54) is 0 Å². The van der Waals surface area contributed by atoms with Crippen molar-refractivity contribution in [3.63, 3.8) is 0 Å². The number of hydrogen-bond donors (Lipinski definition) is 2. The van der Waals surface area contributed by atoms with E-state index in [0.29, 0.717) is 35.9 Å². The predicted octanol–water partition coefficient (Wildman–Crippen LogP) is 6.20. The number of aromatic hydroxyl groups is 1. The second kappa shape index (κ2) is 13.2. The summed E-state index contributed by atoms with van der Waals surface area (Å²) >= 11 is 4.96. The Morgan fingerprint density at radius 2 is 1.77 bits per heavy atom. The van der Waals surface area contributed by atoms with Gasteiger partial charge in [0.2, 0.25) is 0 Å². The first-order valence-electron chi connectivity index (χ1n) is 13.5.